The molecule has 3 amide bonds. The standard InChI is InChI=1S/C62H92F2N4O15/c1-37(2)31-48(66(12)54(70)51(82-57(74)47(65-11)35-61(7,8)63)33-41-15-19-43(20-16-41)45-23-27-78-28-24-45)58(75)80-39(5)53(69)68(14)50(36-62(9,10)64)60(77)83-52(34-42-17-21-44(22-18-42)46-25-29-79-30-26-46)55(71)67(13)49(32-38(3)4)59(76)81-40(6)56(72)73/h15-22,37-40,45-52,65H,23-36H2,1-14H3,(H,72,73)/t39-,40-,47+,48+,49+,50+,51-,52-/m1/s1. The molecule has 2 fully saturated rings. The summed E-state index contributed by atoms with van der Waals surface area (Å²) in [6, 6.07) is 9.45. The molecule has 0 unspecified atom stereocenters. The van der Waals surface area contributed by atoms with Gasteiger partial charge in [0, 0.05) is 73.3 Å². The van der Waals surface area contributed by atoms with Gasteiger partial charge in [-0.2, -0.15) is 0 Å². The summed E-state index contributed by atoms with van der Waals surface area (Å²) in [6.45, 7) is 17.1. The van der Waals surface area contributed by atoms with E-state index in [0.29, 0.717) is 37.6 Å². The summed E-state index contributed by atoms with van der Waals surface area (Å²) < 4.78 is 64.8. The zero-order chi connectivity index (χ0) is 62.1. The molecule has 2 N–H and O–H groups in total. The number of rotatable bonds is 30. The van der Waals surface area contributed by atoms with E-state index in [1.165, 1.54) is 69.7 Å². The number of carboxylic acid groups (broad SMARTS) is 1. The fourth-order valence-electron chi connectivity index (χ4n) is 10.3. The Bertz CT molecular complexity index is 2470. The molecule has 4 rings (SSSR count). The van der Waals surface area contributed by atoms with Gasteiger partial charge in [0.2, 0.25) is 0 Å². The van der Waals surface area contributed by atoms with Crippen molar-refractivity contribution in [3.05, 3.63) is 70.8 Å². The third-order valence-corrected chi connectivity index (χ3v) is 15.2. The van der Waals surface area contributed by atoms with Gasteiger partial charge in [-0.1, -0.05) is 76.2 Å². The summed E-state index contributed by atoms with van der Waals surface area (Å²) in [5, 5.41) is 12.3. The topological polar surface area (TPSA) is 234 Å². The fourth-order valence-corrected chi connectivity index (χ4v) is 10.3. The summed E-state index contributed by atoms with van der Waals surface area (Å²) in [4.78, 5) is 115. The highest BCUT2D eigenvalue weighted by Gasteiger charge is 2.43. The van der Waals surface area contributed by atoms with Crippen molar-refractivity contribution in [1.82, 2.24) is 20.0 Å². The van der Waals surface area contributed by atoms with Gasteiger partial charge in [-0.3, -0.25) is 19.2 Å². The van der Waals surface area contributed by atoms with Gasteiger partial charge in [0.1, 0.15) is 35.5 Å². The first-order valence-electron chi connectivity index (χ1n) is 29.0. The molecule has 0 aliphatic carbocycles. The monoisotopic (exact) mass is 1170 g/mol. The number of carbonyl (C=O) groups is 8. The molecule has 464 valence electrons. The minimum Gasteiger partial charge on any atom is -0.479 e. The molecular weight excluding hydrogens is 1080 g/mol. The average molecular weight is 1170 g/mol. The third kappa shape index (κ3) is 21.8. The average Bonchev–Trinajstić information content (AvgIpc) is 3.53. The molecule has 0 spiro atoms. The zero-order valence-electron chi connectivity index (χ0n) is 51.2. The number of carbonyl (C=O) groups excluding carboxylic acids is 7. The third-order valence-electron chi connectivity index (χ3n) is 15.2. The van der Waals surface area contributed by atoms with Gasteiger partial charge in [-0.25, -0.2) is 28.0 Å². The Balaban J connectivity index is 1.64. The van der Waals surface area contributed by atoms with Crippen LogP contribution < -0.4 is 5.32 Å². The van der Waals surface area contributed by atoms with Crippen LogP contribution in [0.4, 0.5) is 8.78 Å². The largest absolute Gasteiger partial charge is 0.479 e. The number of nitrogens with zero attached hydrogens (tertiary/aromatic N) is 3. The lowest BCUT2D eigenvalue weighted by atomic mass is 9.90. The number of esters is 4. The normalized spacial score (nSPS) is 17.4. The molecule has 2 aliphatic rings. The van der Waals surface area contributed by atoms with E-state index in [0.717, 1.165) is 51.5 Å². The Hall–Kier alpha value is -6.06. The Morgan fingerprint density at radius 3 is 1.24 bits per heavy atom. The Labute approximate surface area is 489 Å². The van der Waals surface area contributed by atoms with Crippen LogP contribution in [0.1, 0.15) is 155 Å². The van der Waals surface area contributed by atoms with Crippen molar-refractivity contribution in [2.75, 3.05) is 54.6 Å². The maximum Gasteiger partial charge on any atom is 0.344 e. The number of hydrogen-bond acceptors (Lipinski definition) is 15. The van der Waals surface area contributed by atoms with Crippen LogP contribution in [0, 0.1) is 11.8 Å². The first kappa shape index (κ1) is 69.4. The maximum absolute atomic E-state index is 15.9. The van der Waals surface area contributed by atoms with Crippen molar-refractivity contribution in [3.63, 3.8) is 0 Å². The molecule has 19 nitrogen and oxygen atoms in total. The van der Waals surface area contributed by atoms with Crippen LogP contribution in [0.2, 0.25) is 0 Å². The Morgan fingerprint density at radius 2 is 0.892 bits per heavy atom. The van der Waals surface area contributed by atoms with Crippen LogP contribution in [0.25, 0.3) is 0 Å². The lowest BCUT2D eigenvalue weighted by Crippen LogP contribution is -2.54. The highest BCUT2D eigenvalue weighted by atomic mass is 19.1. The first-order valence-corrected chi connectivity index (χ1v) is 29.0. The van der Waals surface area contributed by atoms with Gasteiger partial charge < -0.3 is 53.5 Å². The van der Waals surface area contributed by atoms with E-state index in [1.807, 2.05) is 36.4 Å². The van der Waals surface area contributed by atoms with Gasteiger partial charge in [0.05, 0.1) is 0 Å². The predicted molar refractivity (Wildman–Crippen MR) is 305 cm³/mol. The molecular formula is C62H92F2N4O15. The summed E-state index contributed by atoms with van der Waals surface area (Å²) in [5.41, 5.74) is -0.573. The number of aliphatic carboxylic acids is 1. The van der Waals surface area contributed by atoms with Crippen LogP contribution in [-0.4, -0.2) is 182 Å². The van der Waals surface area contributed by atoms with Crippen LogP contribution >= 0.6 is 0 Å². The lowest BCUT2D eigenvalue weighted by Gasteiger charge is -2.35. The zero-order valence-corrected chi connectivity index (χ0v) is 51.2. The van der Waals surface area contributed by atoms with Crippen molar-refractivity contribution in [1.29, 1.82) is 0 Å². The Morgan fingerprint density at radius 1 is 0.542 bits per heavy atom. The number of hydrogen-bond donors (Lipinski definition) is 2. The van der Waals surface area contributed by atoms with Crippen LogP contribution in [-0.2, 0) is 79.6 Å². The molecule has 0 radical (unpaired) electrons. The van der Waals surface area contributed by atoms with Crippen molar-refractivity contribution in [2.24, 2.45) is 11.8 Å². The number of ether oxygens (including phenoxy) is 6. The molecule has 83 heavy (non-hydrogen) atoms. The second-order valence-corrected chi connectivity index (χ2v) is 24.4. The molecule has 0 bridgehead atoms. The molecule has 0 aromatic heterocycles. The smallest absolute Gasteiger partial charge is 0.344 e. The quantitative estimate of drug-likeness (QED) is 0.0570. The highest BCUT2D eigenvalue weighted by molar-refractivity contribution is 5.93. The molecule has 0 saturated carbocycles. The summed E-state index contributed by atoms with van der Waals surface area (Å²) >= 11 is 0. The number of halogens is 2. The van der Waals surface area contributed by atoms with Gasteiger partial charge in [-0.15, -0.1) is 0 Å². The van der Waals surface area contributed by atoms with E-state index in [-0.39, 0.29) is 55.8 Å². The minimum atomic E-state index is -2.13. The van der Waals surface area contributed by atoms with Gasteiger partial charge in [-0.05, 0) is 133 Å². The molecule has 2 saturated heterocycles. The lowest BCUT2D eigenvalue weighted by molar-refractivity contribution is -0.175. The molecule has 2 aromatic carbocycles. The van der Waals surface area contributed by atoms with E-state index in [9.17, 15) is 47.9 Å². The van der Waals surface area contributed by atoms with E-state index in [2.05, 4.69) is 5.32 Å². The van der Waals surface area contributed by atoms with Gasteiger partial charge in [0.25, 0.3) is 17.7 Å². The molecule has 2 heterocycles. The summed E-state index contributed by atoms with van der Waals surface area (Å²) in [7, 11) is 5.32. The molecule has 21 heteroatoms. The van der Waals surface area contributed by atoms with E-state index < -0.39 is 114 Å². The fraction of sp³-hybridized carbons (Fsp3) is 0.677. The minimum absolute atomic E-state index is 0.0227. The second-order valence-electron chi connectivity index (χ2n) is 24.4. The van der Waals surface area contributed by atoms with Crippen molar-refractivity contribution < 1.29 is 80.7 Å². The molecule has 8 atom stereocenters. The number of benzene rings is 2. The van der Waals surface area contributed by atoms with Gasteiger partial charge in [0.15, 0.2) is 24.4 Å². The van der Waals surface area contributed by atoms with Crippen molar-refractivity contribution >= 4 is 47.6 Å². The van der Waals surface area contributed by atoms with E-state index in [4.69, 9.17) is 28.4 Å². The number of nitrogens with one attached hydrogen (secondary N) is 1. The van der Waals surface area contributed by atoms with Crippen LogP contribution in [0.5, 0.6) is 0 Å². The number of alkyl halides is 2. The number of likely N-dealkylation sites (N-methyl/N-ethyl adjacent to an activating group) is 4. The van der Waals surface area contributed by atoms with E-state index >= 15 is 4.39 Å². The Kier molecular flexibility index (Phi) is 26.5. The van der Waals surface area contributed by atoms with Crippen molar-refractivity contribution in [2.45, 2.75) is 205 Å². The highest BCUT2D eigenvalue weighted by Crippen LogP contribution is 2.30. The molecule has 2 aromatic rings. The predicted octanol–water partition coefficient (Wildman–Crippen LogP) is 7.47. The van der Waals surface area contributed by atoms with Crippen LogP contribution in [0.3, 0.4) is 0 Å². The summed E-state index contributed by atoms with van der Waals surface area (Å²) in [5.74, 6) is -8.03. The molecule has 2 aliphatic heterocycles. The van der Waals surface area contributed by atoms with E-state index in [1.54, 1.807) is 39.8 Å². The van der Waals surface area contributed by atoms with Crippen molar-refractivity contribution in [3.8, 4) is 0 Å². The SMILES string of the molecule is CN[C@@H](CC(C)(C)F)C(=O)O[C@H](Cc1ccc(C2CCOCC2)cc1)C(=O)N(C)[C@@H](CC(C)C)C(=O)O[C@H](C)C(=O)N(C)[C@@H](CC(C)(C)F)C(=O)O[C@H](Cc1ccc(C2CCOCC2)cc1)C(=O)N(C)[C@@H](CC(C)C)C(=O)O[C@H](C)C(=O)O. The van der Waals surface area contributed by atoms with Gasteiger partial charge >= 0.3 is 29.8 Å². The number of amides is 3. The summed E-state index contributed by atoms with van der Waals surface area (Å²) in [6.07, 6.45) is -4.21. The van der Waals surface area contributed by atoms with Crippen LogP contribution in [0.15, 0.2) is 48.5 Å². The number of carboxylic acids is 1. The second kappa shape index (κ2) is 31.7. The maximum atomic E-state index is 15.9. The first-order chi connectivity index (χ1) is 38.8.